The average molecular weight is 385 g/mol. The Bertz CT molecular complexity index is 833. The third kappa shape index (κ3) is 2.55. The van der Waals surface area contributed by atoms with Crippen LogP contribution in [0.5, 0.6) is 5.88 Å². The molecule has 9 heteroatoms. The number of alkyl halides is 3. The molecule has 1 aliphatic rings. The number of hydrogen-bond acceptors (Lipinski definition) is 4. The lowest BCUT2D eigenvalue weighted by molar-refractivity contribution is -0.141. The van der Waals surface area contributed by atoms with Gasteiger partial charge >= 0.3 is 6.18 Å². The van der Waals surface area contributed by atoms with Gasteiger partial charge in [-0.3, -0.25) is 5.10 Å². The first kappa shape index (κ1) is 15.4. The van der Waals surface area contributed by atoms with Gasteiger partial charge < -0.3 is 10.5 Å². The minimum absolute atomic E-state index is 0.0910. The van der Waals surface area contributed by atoms with E-state index in [1.165, 1.54) is 0 Å². The van der Waals surface area contributed by atoms with Crippen molar-refractivity contribution < 1.29 is 17.9 Å². The lowest BCUT2D eigenvalue weighted by Gasteiger charge is -2.24. The van der Waals surface area contributed by atoms with E-state index in [2.05, 4.69) is 21.0 Å². The molecule has 0 radical (unpaired) electrons. The van der Waals surface area contributed by atoms with Crippen molar-refractivity contribution in [2.45, 2.75) is 12.1 Å². The van der Waals surface area contributed by atoms with Crippen molar-refractivity contribution in [2.75, 3.05) is 0 Å². The van der Waals surface area contributed by atoms with Crippen molar-refractivity contribution in [3.63, 3.8) is 0 Å². The summed E-state index contributed by atoms with van der Waals surface area (Å²) in [6, 6.07) is 8.40. The number of benzene rings is 1. The van der Waals surface area contributed by atoms with Crippen LogP contribution < -0.4 is 10.5 Å². The van der Waals surface area contributed by atoms with Gasteiger partial charge in [-0.2, -0.15) is 18.4 Å². The van der Waals surface area contributed by atoms with E-state index in [1.807, 2.05) is 11.2 Å². The Morgan fingerprint density at radius 3 is 2.52 bits per heavy atom. The monoisotopic (exact) mass is 384 g/mol. The molecule has 1 aromatic heterocycles. The maximum Gasteiger partial charge on any atom is 0.433 e. The van der Waals surface area contributed by atoms with Crippen LogP contribution in [0.1, 0.15) is 22.7 Å². The summed E-state index contributed by atoms with van der Waals surface area (Å²) in [4.78, 5) is 0. The molecule has 0 fully saturated rings. The van der Waals surface area contributed by atoms with Crippen LogP contribution in [-0.4, -0.2) is 10.2 Å². The second-order valence-electron chi connectivity index (χ2n) is 4.79. The Labute approximate surface area is 136 Å². The zero-order valence-corrected chi connectivity index (χ0v) is 12.9. The molecule has 0 saturated carbocycles. The Kier molecular flexibility index (Phi) is 3.56. The molecule has 0 saturated heterocycles. The Morgan fingerprint density at radius 2 is 1.96 bits per heavy atom. The number of aromatic amines is 1. The van der Waals surface area contributed by atoms with Gasteiger partial charge in [-0.25, -0.2) is 0 Å². The number of nitrogens with two attached hydrogens (primary N) is 1. The Balaban J connectivity index is 2.26. The van der Waals surface area contributed by atoms with Crippen LogP contribution in [0.4, 0.5) is 13.2 Å². The molecular formula is C14H8BrF3N4O. The molecule has 1 aromatic carbocycles. The summed E-state index contributed by atoms with van der Waals surface area (Å²) >= 11 is 3.26. The molecule has 23 heavy (non-hydrogen) atoms. The van der Waals surface area contributed by atoms with Crippen LogP contribution in [0.3, 0.4) is 0 Å². The molecule has 0 aliphatic carbocycles. The molecule has 118 valence electrons. The Hall–Kier alpha value is -2.47. The van der Waals surface area contributed by atoms with Crippen LogP contribution in [0.25, 0.3) is 0 Å². The molecule has 1 aliphatic heterocycles. The summed E-state index contributed by atoms with van der Waals surface area (Å²) in [5, 5.41) is 14.8. The third-order valence-corrected chi connectivity index (χ3v) is 3.95. The highest BCUT2D eigenvalue weighted by Gasteiger charge is 2.44. The molecule has 3 N–H and O–H groups in total. The van der Waals surface area contributed by atoms with E-state index in [0.29, 0.717) is 5.56 Å². The number of fused-ring (bicyclic) bond motifs is 1. The number of halogens is 4. The number of ether oxygens (including phenoxy) is 1. The van der Waals surface area contributed by atoms with E-state index in [0.717, 1.165) is 4.47 Å². The van der Waals surface area contributed by atoms with Crippen molar-refractivity contribution in [1.82, 2.24) is 10.2 Å². The fraction of sp³-hybridized carbons (Fsp3) is 0.143. The standard InChI is InChI=1S/C14H8BrF3N4O/c15-7-3-1-6(2-4-7)9-8(5-19)12(20)23-13-10(9)11(21-22-13)14(16,17)18/h1-4,9H,20H2,(H,21,22)/t9-/m0/s1. The summed E-state index contributed by atoms with van der Waals surface area (Å²) in [6.07, 6.45) is -4.66. The highest BCUT2D eigenvalue weighted by atomic mass is 79.9. The lowest BCUT2D eigenvalue weighted by atomic mass is 9.84. The average Bonchev–Trinajstić information content (AvgIpc) is 2.90. The van der Waals surface area contributed by atoms with Gasteiger partial charge in [0, 0.05) is 4.47 Å². The molecule has 0 bridgehead atoms. The van der Waals surface area contributed by atoms with E-state index in [-0.39, 0.29) is 22.9 Å². The molecule has 0 unspecified atom stereocenters. The van der Waals surface area contributed by atoms with Crippen LogP contribution in [0.2, 0.25) is 0 Å². The molecular weight excluding hydrogens is 377 g/mol. The fourth-order valence-electron chi connectivity index (χ4n) is 2.45. The van der Waals surface area contributed by atoms with Gasteiger partial charge in [-0.15, -0.1) is 5.10 Å². The predicted octanol–water partition coefficient (Wildman–Crippen LogP) is 3.41. The van der Waals surface area contributed by atoms with Crippen LogP contribution in [-0.2, 0) is 6.18 Å². The molecule has 2 heterocycles. The van der Waals surface area contributed by atoms with Gasteiger partial charge in [0.1, 0.15) is 17.3 Å². The number of nitriles is 1. The van der Waals surface area contributed by atoms with Gasteiger partial charge in [0.15, 0.2) is 0 Å². The van der Waals surface area contributed by atoms with Gasteiger partial charge in [-0.05, 0) is 17.7 Å². The fourth-order valence-corrected chi connectivity index (χ4v) is 2.71. The van der Waals surface area contributed by atoms with E-state index >= 15 is 0 Å². The van der Waals surface area contributed by atoms with Gasteiger partial charge in [0.2, 0.25) is 11.8 Å². The van der Waals surface area contributed by atoms with E-state index in [1.54, 1.807) is 24.3 Å². The smallest absolute Gasteiger partial charge is 0.420 e. The number of H-pyrrole nitrogens is 1. The highest BCUT2D eigenvalue weighted by Crippen LogP contribution is 2.46. The van der Waals surface area contributed by atoms with Gasteiger partial charge in [-0.1, -0.05) is 28.1 Å². The van der Waals surface area contributed by atoms with Gasteiger partial charge in [0.05, 0.1) is 11.5 Å². The van der Waals surface area contributed by atoms with E-state index < -0.39 is 17.8 Å². The summed E-state index contributed by atoms with van der Waals surface area (Å²) in [6.45, 7) is 0. The summed E-state index contributed by atoms with van der Waals surface area (Å²) < 4.78 is 45.5. The molecule has 2 aromatic rings. The van der Waals surface area contributed by atoms with E-state index in [4.69, 9.17) is 10.5 Å². The minimum Gasteiger partial charge on any atom is -0.420 e. The van der Waals surface area contributed by atoms with E-state index in [9.17, 15) is 18.4 Å². The number of hydrogen-bond donors (Lipinski definition) is 2. The first-order valence-electron chi connectivity index (χ1n) is 6.31. The minimum atomic E-state index is -4.66. The molecule has 5 nitrogen and oxygen atoms in total. The number of aromatic nitrogens is 2. The topological polar surface area (TPSA) is 87.7 Å². The van der Waals surface area contributed by atoms with Crippen molar-refractivity contribution in [1.29, 1.82) is 5.26 Å². The van der Waals surface area contributed by atoms with Crippen LogP contribution >= 0.6 is 15.9 Å². The largest absolute Gasteiger partial charge is 0.433 e. The normalized spacial score (nSPS) is 17.4. The number of rotatable bonds is 1. The third-order valence-electron chi connectivity index (χ3n) is 3.43. The zero-order valence-electron chi connectivity index (χ0n) is 11.3. The zero-order chi connectivity index (χ0) is 16.8. The Morgan fingerprint density at radius 1 is 1.30 bits per heavy atom. The summed E-state index contributed by atoms with van der Waals surface area (Å²) in [5.74, 6) is -1.54. The SMILES string of the molecule is N#CC1=C(N)Oc2n[nH]c(C(F)(F)F)c2[C@H]1c1ccc(Br)cc1. The van der Waals surface area contributed by atoms with Crippen molar-refractivity contribution in [3.05, 3.63) is 57.0 Å². The lowest BCUT2D eigenvalue weighted by Crippen LogP contribution is -2.22. The maximum atomic E-state index is 13.2. The first-order valence-corrected chi connectivity index (χ1v) is 7.10. The van der Waals surface area contributed by atoms with Crippen molar-refractivity contribution >= 4 is 15.9 Å². The summed E-state index contributed by atoms with van der Waals surface area (Å²) in [5.41, 5.74) is 4.76. The predicted molar refractivity (Wildman–Crippen MR) is 77.0 cm³/mol. The van der Waals surface area contributed by atoms with Gasteiger partial charge in [0.25, 0.3) is 0 Å². The first-order chi connectivity index (χ1) is 10.8. The van der Waals surface area contributed by atoms with Crippen molar-refractivity contribution in [3.8, 4) is 11.9 Å². The highest BCUT2D eigenvalue weighted by molar-refractivity contribution is 9.10. The summed E-state index contributed by atoms with van der Waals surface area (Å²) in [7, 11) is 0. The number of allylic oxidation sites excluding steroid dienone is 1. The molecule has 1 atom stereocenters. The quantitative estimate of drug-likeness (QED) is 0.788. The number of nitrogens with one attached hydrogen (secondary N) is 1. The van der Waals surface area contributed by atoms with Crippen LogP contribution in [0, 0.1) is 11.3 Å². The molecule has 3 rings (SSSR count). The second-order valence-corrected chi connectivity index (χ2v) is 5.71. The maximum absolute atomic E-state index is 13.2. The molecule has 0 amide bonds. The number of nitrogens with zero attached hydrogens (tertiary/aromatic N) is 2. The second kappa shape index (κ2) is 5.31. The van der Waals surface area contributed by atoms with Crippen LogP contribution in [0.15, 0.2) is 40.2 Å². The van der Waals surface area contributed by atoms with Crippen molar-refractivity contribution in [2.24, 2.45) is 5.73 Å². The molecule has 0 spiro atoms.